The smallest absolute Gasteiger partial charge is 0.252 e. The average molecular weight is 409 g/mol. The normalized spacial score (nSPS) is 10.2. The third kappa shape index (κ3) is 5.86. The Labute approximate surface area is 153 Å². The summed E-state index contributed by atoms with van der Waals surface area (Å²) < 4.78 is 19.0. The molecule has 0 heterocycles. The third-order valence-corrected chi connectivity index (χ3v) is 3.95. The summed E-state index contributed by atoms with van der Waals surface area (Å²) in [6.45, 7) is 2.61. The van der Waals surface area contributed by atoms with Crippen molar-refractivity contribution in [3.05, 3.63) is 58.3 Å². The average Bonchev–Trinajstić information content (AvgIpc) is 2.59. The summed E-state index contributed by atoms with van der Waals surface area (Å²) in [7, 11) is 0. The molecular formula is C18H18BrFN2O3. The highest BCUT2D eigenvalue weighted by Gasteiger charge is 2.11. The molecule has 2 aromatic carbocycles. The summed E-state index contributed by atoms with van der Waals surface area (Å²) in [6, 6.07) is 10.9. The number of rotatable bonds is 7. The van der Waals surface area contributed by atoms with E-state index in [2.05, 4.69) is 26.6 Å². The number of nitrogens with one attached hydrogen (secondary N) is 2. The van der Waals surface area contributed by atoms with E-state index < -0.39 is 11.7 Å². The lowest BCUT2D eigenvalue weighted by atomic mass is 10.2. The van der Waals surface area contributed by atoms with Crippen molar-refractivity contribution in [1.82, 2.24) is 5.32 Å². The molecule has 0 aromatic heterocycles. The Balaban J connectivity index is 1.80. The van der Waals surface area contributed by atoms with Gasteiger partial charge in [0.1, 0.15) is 11.6 Å². The molecule has 0 aliphatic carbocycles. The van der Waals surface area contributed by atoms with Crippen LogP contribution in [0.1, 0.15) is 23.7 Å². The molecule has 0 radical (unpaired) electrons. The first-order valence-corrected chi connectivity index (χ1v) is 8.55. The molecule has 0 spiro atoms. The van der Waals surface area contributed by atoms with Crippen LogP contribution in [0.25, 0.3) is 0 Å². The van der Waals surface area contributed by atoms with Crippen LogP contribution in [0.2, 0.25) is 0 Å². The van der Waals surface area contributed by atoms with Gasteiger partial charge in [-0.1, -0.05) is 0 Å². The predicted molar refractivity (Wildman–Crippen MR) is 97.3 cm³/mol. The highest BCUT2D eigenvalue weighted by Crippen LogP contribution is 2.18. The molecule has 0 saturated heterocycles. The quantitative estimate of drug-likeness (QED) is 0.732. The summed E-state index contributed by atoms with van der Waals surface area (Å²) in [5, 5.41) is 5.32. The number of hydrogen-bond acceptors (Lipinski definition) is 3. The second kappa shape index (κ2) is 9.17. The molecule has 0 atom stereocenters. The van der Waals surface area contributed by atoms with Crippen molar-refractivity contribution in [3.8, 4) is 5.75 Å². The van der Waals surface area contributed by atoms with Crippen LogP contribution in [0.5, 0.6) is 5.75 Å². The zero-order valence-electron chi connectivity index (χ0n) is 13.6. The van der Waals surface area contributed by atoms with E-state index in [0.29, 0.717) is 16.8 Å². The van der Waals surface area contributed by atoms with Crippen molar-refractivity contribution < 1.29 is 18.7 Å². The predicted octanol–water partition coefficient (Wildman–Crippen LogP) is 3.75. The molecular weight excluding hydrogens is 391 g/mol. The Hall–Kier alpha value is -2.41. The van der Waals surface area contributed by atoms with E-state index in [0.717, 1.165) is 11.8 Å². The van der Waals surface area contributed by atoms with Gasteiger partial charge in [0.25, 0.3) is 5.91 Å². The summed E-state index contributed by atoms with van der Waals surface area (Å²) in [4.78, 5) is 23.9. The maximum absolute atomic E-state index is 13.2. The van der Waals surface area contributed by atoms with E-state index in [1.807, 2.05) is 6.92 Å². The fraction of sp³-hybridized carbons (Fsp3) is 0.222. The first kappa shape index (κ1) is 18.9. The van der Waals surface area contributed by atoms with Crippen molar-refractivity contribution in [3.63, 3.8) is 0 Å². The lowest BCUT2D eigenvalue weighted by molar-refractivity contribution is -0.116. The van der Waals surface area contributed by atoms with Crippen LogP contribution in [-0.2, 0) is 4.79 Å². The Morgan fingerprint density at radius 3 is 2.56 bits per heavy atom. The number of amides is 2. The van der Waals surface area contributed by atoms with Crippen LogP contribution in [0.15, 0.2) is 46.9 Å². The Morgan fingerprint density at radius 2 is 1.88 bits per heavy atom. The zero-order chi connectivity index (χ0) is 18.2. The molecule has 0 aliphatic rings. The van der Waals surface area contributed by atoms with Crippen molar-refractivity contribution >= 4 is 33.4 Å². The fourth-order valence-electron chi connectivity index (χ4n) is 2.08. The van der Waals surface area contributed by atoms with Gasteiger partial charge in [0.2, 0.25) is 5.91 Å². The van der Waals surface area contributed by atoms with Crippen LogP contribution in [0.3, 0.4) is 0 Å². The standard InChI is InChI=1S/C18H18BrFN2O3/c1-2-25-14-6-4-13(5-7-14)22-17(23)9-10-21-18(24)15-11-12(20)3-8-16(15)19/h3-8,11H,2,9-10H2,1H3,(H,21,24)(H,22,23). The molecule has 132 valence electrons. The summed E-state index contributed by atoms with van der Waals surface area (Å²) in [5.74, 6) is -0.446. The molecule has 2 amide bonds. The molecule has 2 N–H and O–H groups in total. The maximum Gasteiger partial charge on any atom is 0.252 e. The van der Waals surface area contributed by atoms with E-state index in [1.165, 1.54) is 12.1 Å². The molecule has 0 fully saturated rings. The SMILES string of the molecule is CCOc1ccc(NC(=O)CCNC(=O)c2cc(F)ccc2Br)cc1. The van der Waals surface area contributed by atoms with Crippen LogP contribution < -0.4 is 15.4 Å². The van der Waals surface area contributed by atoms with E-state index in [1.54, 1.807) is 24.3 Å². The van der Waals surface area contributed by atoms with Gasteiger partial charge in [0.15, 0.2) is 0 Å². The largest absolute Gasteiger partial charge is 0.494 e. The van der Waals surface area contributed by atoms with Crippen molar-refractivity contribution in [2.75, 3.05) is 18.5 Å². The summed E-state index contributed by atoms with van der Waals surface area (Å²) >= 11 is 3.20. The van der Waals surface area contributed by atoms with Crippen LogP contribution in [0, 0.1) is 5.82 Å². The van der Waals surface area contributed by atoms with Crippen molar-refractivity contribution in [1.29, 1.82) is 0 Å². The second-order valence-electron chi connectivity index (χ2n) is 5.14. The summed E-state index contributed by atoms with van der Waals surface area (Å²) in [5.41, 5.74) is 0.833. The Bertz CT molecular complexity index is 750. The van der Waals surface area contributed by atoms with Gasteiger partial charge in [-0.05, 0) is 65.3 Å². The topological polar surface area (TPSA) is 67.4 Å². The van der Waals surface area contributed by atoms with E-state index >= 15 is 0 Å². The first-order chi connectivity index (χ1) is 12.0. The van der Waals surface area contributed by atoms with Gasteiger partial charge in [0.05, 0.1) is 12.2 Å². The number of ether oxygens (including phenoxy) is 1. The summed E-state index contributed by atoms with van der Waals surface area (Å²) in [6.07, 6.45) is 0.103. The van der Waals surface area contributed by atoms with Gasteiger partial charge in [-0.3, -0.25) is 9.59 Å². The van der Waals surface area contributed by atoms with Gasteiger partial charge >= 0.3 is 0 Å². The Kier molecular flexibility index (Phi) is 6.94. The maximum atomic E-state index is 13.2. The van der Waals surface area contributed by atoms with Gasteiger partial charge in [-0.15, -0.1) is 0 Å². The van der Waals surface area contributed by atoms with Crippen LogP contribution in [0.4, 0.5) is 10.1 Å². The molecule has 0 saturated carbocycles. The Morgan fingerprint density at radius 1 is 1.16 bits per heavy atom. The second-order valence-corrected chi connectivity index (χ2v) is 5.99. The molecule has 2 aromatic rings. The van der Waals surface area contributed by atoms with Crippen LogP contribution in [-0.4, -0.2) is 25.0 Å². The molecule has 25 heavy (non-hydrogen) atoms. The van der Waals surface area contributed by atoms with E-state index in [-0.39, 0.29) is 24.4 Å². The fourth-order valence-corrected chi connectivity index (χ4v) is 2.51. The minimum Gasteiger partial charge on any atom is -0.494 e. The van der Waals surface area contributed by atoms with Gasteiger partial charge in [0, 0.05) is 23.1 Å². The molecule has 7 heteroatoms. The first-order valence-electron chi connectivity index (χ1n) is 7.75. The highest BCUT2D eigenvalue weighted by molar-refractivity contribution is 9.10. The number of carbonyl (C=O) groups excluding carboxylic acids is 2. The molecule has 0 unspecified atom stereocenters. The van der Waals surface area contributed by atoms with Gasteiger partial charge in [-0.2, -0.15) is 0 Å². The number of benzene rings is 2. The minimum atomic E-state index is -0.499. The molecule has 2 rings (SSSR count). The van der Waals surface area contributed by atoms with E-state index in [4.69, 9.17) is 4.74 Å². The van der Waals surface area contributed by atoms with E-state index in [9.17, 15) is 14.0 Å². The number of anilines is 1. The molecule has 0 aliphatic heterocycles. The number of halogens is 2. The molecule has 0 bridgehead atoms. The van der Waals surface area contributed by atoms with Gasteiger partial charge in [-0.25, -0.2) is 4.39 Å². The van der Waals surface area contributed by atoms with Crippen molar-refractivity contribution in [2.45, 2.75) is 13.3 Å². The lowest BCUT2D eigenvalue weighted by Gasteiger charge is -2.09. The highest BCUT2D eigenvalue weighted by atomic mass is 79.9. The lowest BCUT2D eigenvalue weighted by Crippen LogP contribution is -2.28. The monoisotopic (exact) mass is 408 g/mol. The number of carbonyl (C=O) groups is 2. The van der Waals surface area contributed by atoms with Crippen LogP contribution >= 0.6 is 15.9 Å². The minimum absolute atomic E-state index is 0.103. The van der Waals surface area contributed by atoms with Gasteiger partial charge < -0.3 is 15.4 Å². The zero-order valence-corrected chi connectivity index (χ0v) is 15.2. The third-order valence-electron chi connectivity index (χ3n) is 3.26. The molecule has 5 nitrogen and oxygen atoms in total. The van der Waals surface area contributed by atoms with Crippen molar-refractivity contribution in [2.24, 2.45) is 0 Å². The number of hydrogen-bond donors (Lipinski definition) is 2.